The number of nitrogens with zero attached hydrogens (tertiary/aromatic N) is 2. The van der Waals surface area contributed by atoms with Gasteiger partial charge in [0.1, 0.15) is 6.07 Å². The van der Waals surface area contributed by atoms with Crippen LogP contribution in [-0.2, 0) is 11.2 Å². The van der Waals surface area contributed by atoms with Crippen LogP contribution in [0.4, 0.5) is 18.9 Å². The first-order valence-electron chi connectivity index (χ1n) is 11.5. The highest BCUT2D eigenvalue weighted by Gasteiger charge is 2.38. The molecule has 178 valence electrons. The SMILES string of the molecule is N#Cc1c(NCCCN2CCCCC2)cc(CC2CC2)c2ccccc12.O=C(O)C(F)(F)F. The maximum atomic E-state index is 10.6. The number of hydrogen-bond acceptors (Lipinski definition) is 4. The fraction of sp³-hybridized carbons (Fsp3) is 0.520. The lowest BCUT2D eigenvalue weighted by molar-refractivity contribution is -0.192. The summed E-state index contributed by atoms with van der Waals surface area (Å²) < 4.78 is 31.7. The van der Waals surface area contributed by atoms with Gasteiger partial charge in [-0.05, 0) is 81.1 Å². The van der Waals surface area contributed by atoms with Crippen LogP contribution in [0, 0.1) is 17.2 Å². The van der Waals surface area contributed by atoms with Gasteiger partial charge >= 0.3 is 12.1 Å². The number of carboxylic acids is 1. The summed E-state index contributed by atoms with van der Waals surface area (Å²) in [5, 5.41) is 22.8. The Morgan fingerprint density at radius 2 is 1.79 bits per heavy atom. The smallest absolute Gasteiger partial charge is 0.475 e. The molecule has 0 atom stereocenters. The minimum absolute atomic E-state index is 0.804. The minimum atomic E-state index is -5.08. The van der Waals surface area contributed by atoms with Gasteiger partial charge in [0.2, 0.25) is 0 Å². The van der Waals surface area contributed by atoms with Crippen molar-refractivity contribution in [1.29, 1.82) is 5.26 Å². The zero-order valence-electron chi connectivity index (χ0n) is 18.6. The summed E-state index contributed by atoms with van der Waals surface area (Å²) >= 11 is 0. The molecular formula is C25H30F3N3O2. The Bertz CT molecular complexity index is 991. The summed E-state index contributed by atoms with van der Waals surface area (Å²) in [5.74, 6) is -1.91. The molecule has 1 saturated heterocycles. The number of aliphatic carboxylic acids is 1. The number of fused-ring (bicyclic) bond motifs is 1. The van der Waals surface area contributed by atoms with Crippen LogP contribution in [0.15, 0.2) is 30.3 Å². The van der Waals surface area contributed by atoms with Crippen molar-refractivity contribution in [3.8, 4) is 6.07 Å². The van der Waals surface area contributed by atoms with E-state index in [1.54, 1.807) is 0 Å². The van der Waals surface area contributed by atoms with Crippen molar-refractivity contribution in [1.82, 2.24) is 4.90 Å². The summed E-state index contributed by atoms with van der Waals surface area (Å²) in [6.07, 6.45) is 3.99. The molecule has 4 rings (SSSR count). The topological polar surface area (TPSA) is 76.4 Å². The van der Waals surface area contributed by atoms with Crippen molar-refractivity contribution in [2.45, 2.75) is 51.1 Å². The molecule has 8 heteroatoms. The van der Waals surface area contributed by atoms with E-state index in [9.17, 15) is 18.4 Å². The molecule has 0 spiro atoms. The van der Waals surface area contributed by atoms with Crippen LogP contribution in [0.1, 0.15) is 49.7 Å². The average Bonchev–Trinajstić information content (AvgIpc) is 3.61. The molecule has 0 aromatic heterocycles. The van der Waals surface area contributed by atoms with Gasteiger partial charge in [-0.25, -0.2) is 4.79 Å². The molecule has 2 aliphatic rings. The molecule has 2 fully saturated rings. The number of nitriles is 1. The van der Waals surface area contributed by atoms with E-state index < -0.39 is 12.1 Å². The Morgan fingerprint density at radius 3 is 2.36 bits per heavy atom. The number of likely N-dealkylation sites (tertiary alicyclic amines) is 1. The van der Waals surface area contributed by atoms with E-state index in [1.165, 1.54) is 56.1 Å². The first kappa shape index (κ1) is 24.8. The molecule has 2 N–H and O–H groups in total. The molecule has 2 aromatic rings. The predicted molar refractivity (Wildman–Crippen MR) is 122 cm³/mol. The van der Waals surface area contributed by atoms with E-state index in [2.05, 4.69) is 40.6 Å². The Balaban J connectivity index is 0.000000383. The first-order chi connectivity index (χ1) is 15.8. The van der Waals surface area contributed by atoms with E-state index >= 15 is 0 Å². The summed E-state index contributed by atoms with van der Waals surface area (Å²) in [7, 11) is 0. The molecular weight excluding hydrogens is 431 g/mol. The number of anilines is 1. The zero-order valence-corrected chi connectivity index (χ0v) is 18.6. The number of hydrogen-bond donors (Lipinski definition) is 2. The van der Waals surface area contributed by atoms with E-state index in [0.29, 0.717) is 0 Å². The lowest BCUT2D eigenvalue weighted by Crippen LogP contribution is -2.31. The molecule has 0 radical (unpaired) electrons. The largest absolute Gasteiger partial charge is 0.490 e. The molecule has 1 saturated carbocycles. The Hall–Kier alpha value is -2.79. The molecule has 1 aliphatic carbocycles. The number of piperidine rings is 1. The second-order valence-electron chi connectivity index (χ2n) is 8.75. The number of benzene rings is 2. The summed E-state index contributed by atoms with van der Waals surface area (Å²) in [5.41, 5.74) is 3.24. The number of alkyl halides is 3. The third-order valence-corrected chi connectivity index (χ3v) is 6.11. The number of rotatable bonds is 7. The summed E-state index contributed by atoms with van der Waals surface area (Å²) in [6, 6.07) is 13.1. The highest BCUT2D eigenvalue weighted by Crippen LogP contribution is 2.37. The van der Waals surface area contributed by atoms with Gasteiger partial charge in [0, 0.05) is 11.9 Å². The fourth-order valence-corrected chi connectivity index (χ4v) is 4.22. The quantitative estimate of drug-likeness (QED) is 0.526. The Labute approximate surface area is 192 Å². The van der Waals surface area contributed by atoms with E-state index in [4.69, 9.17) is 9.90 Å². The normalized spacial score (nSPS) is 16.5. The maximum Gasteiger partial charge on any atom is 0.490 e. The van der Waals surface area contributed by atoms with Crippen molar-refractivity contribution >= 4 is 22.4 Å². The highest BCUT2D eigenvalue weighted by molar-refractivity contribution is 5.95. The summed E-state index contributed by atoms with van der Waals surface area (Å²) in [6.45, 7) is 4.61. The molecule has 33 heavy (non-hydrogen) atoms. The van der Waals surface area contributed by atoms with Crippen molar-refractivity contribution in [2.75, 3.05) is 31.5 Å². The van der Waals surface area contributed by atoms with Gasteiger partial charge in [0.15, 0.2) is 0 Å². The van der Waals surface area contributed by atoms with Crippen LogP contribution < -0.4 is 5.32 Å². The lowest BCUT2D eigenvalue weighted by atomic mass is 9.95. The van der Waals surface area contributed by atoms with Crippen LogP contribution in [0.2, 0.25) is 0 Å². The first-order valence-corrected chi connectivity index (χ1v) is 11.5. The van der Waals surface area contributed by atoms with Gasteiger partial charge in [0.25, 0.3) is 0 Å². The van der Waals surface area contributed by atoms with Gasteiger partial charge in [-0.1, -0.05) is 30.7 Å². The van der Waals surface area contributed by atoms with E-state index in [1.807, 2.05) is 6.07 Å². The zero-order chi connectivity index (χ0) is 23.8. The van der Waals surface area contributed by atoms with Gasteiger partial charge in [-0.3, -0.25) is 0 Å². The average molecular weight is 462 g/mol. The van der Waals surface area contributed by atoms with E-state index in [0.717, 1.165) is 48.5 Å². The van der Waals surface area contributed by atoms with Crippen LogP contribution in [-0.4, -0.2) is 48.3 Å². The maximum absolute atomic E-state index is 10.6. The Morgan fingerprint density at radius 1 is 1.15 bits per heavy atom. The molecule has 0 bridgehead atoms. The third-order valence-electron chi connectivity index (χ3n) is 6.11. The molecule has 0 unspecified atom stereocenters. The number of carbonyl (C=O) groups is 1. The number of halogens is 3. The van der Waals surface area contributed by atoms with Crippen LogP contribution in [0.3, 0.4) is 0 Å². The predicted octanol–water partition coefficient (Wildman–Crippen LogP) is 5.59. The van der Waals surface area contributed by atoms with Crippen LogP contribution in [0.5, 0.6) is 0 Å². The van der Waals surface area contributed by atoms with Gasteiger partial charge in [-0.2, -0.15) is 18.4 Å². The van der Waals surface area contributed by atoms with Crippen molar-refractivity contribution < 1.29 is 23.1 Å². The third kappa shape index (κ3) is 7.36. The van der Waals surface area contributed by atoms with Crippen molar-refractivity contribution in [2.24, 2.45) is 5.92 Å². The lowest BCUT2D eigenvalue weighted by Gasteiger charge is -2.26. The molecule has 5 nitrogen and oxygen atoms in total. The second-order valence-corrected chi connectivity index (χ2v) is 8.75. The molecule has 1 heterocycles. The fourth-order valence-electron chi connectivity index (χ4n) is 4.22. The van der Waals surface area contributed by atoms with Crippen molar-refractivity contribution in [3.63, 3.8) is 0 Å². The minimum Gasteiger partial charge on any atom is -0.475 e. The molecule has 2 aromatic carbocycles. The Kier molecular flexibility index (Phi) is 8.56. The second kappa shape index (κ2) is 11.4. The van der Waals surface area contributed by atoms with Gasteiger partial charge in [0.05, 0.1) is 11.3 Å². The standard InChI is InChI=1S/C23H29N3.C2HF3O2/c24-17-22-21-8-3-2-7-20(21)19(15-18-9-10-18)16-23(22)25-11-6-14-26-12-4-1-5-13-26;3-2(4,5)1(6)7/h2-3,7-8,16,18,25H,1,4-6,9-15H2;(H,6,7). The van der Waals surface area contributed by atoms with Crippen LogP contribution in [0.25, 0.3) is 10.8 Å². The van der Waals surface area contributed by atoms with Crippen LogP contribution >= 0.6 is 0 Å². The monoisotopic (exact) mass is 461 g/mol. The molecule has 1 aliphatic heterocycles. The van der Waals surface area contributed by atoms with Crippen molar-refractivity contribution in [3.05, 3.63) is 41.5 Å². The summed E-state index contributed by atoms with van der Waals surface area (Å²) in [4.78, 5) is 11.5. The molecule has 0 amide bonds. The highest BCUT2D eigenvalue weighted by atomic mass is 19.4. The van der Waals surface area contributed by atoms with E-state index in [-0.39, 0.29) is 0 Å². The van der Waals surface area contributed by atoms with Gasteiger partial charge in [-0.15, -0.1) is 0 Å². The number of nitrogens with one attached hydrogen (secondary N) is 1. The van der Waals surface area contributed by atoms with Gasteiger partial charge < -0.3 is 15.3 Å². The number of carboxylic acid groups (broad SMARTS) is 1.